The molecule has 3 aromatic carbocycles. The third-order valence-electron chi connectivity index (χ3n) is 3.77. The van der Waals surface area contributed by atoms with Crippen LogP contribution in [0.15, 0.2) is 71.6 Å². The van der Waals surface area contributed by atoms with Crippen molar-refractivity contribution in [3.8, 4) is 0 Å². The molecule has 0 fully saturated rings. The van der Waals surface area contributed by atoms with Crippen LogP contribution in [-0.2, 0) is 10.0 Å². The number of fused-ring (bicyclic) bond motifs is 1. The molecule has 0 atom stereocenters. The average molecular weight is 393 g/mol. The van der Waals surface area contributed by atoms with Crippen molar-refractivity contribution in [3.05, 3.63) is 66.7 Å². The van der Waals surface area contributed by atoms with Gasteiger partial charge in [-0.3, -0.25) is 0 Å². The van der Waals surface area contributed by atoms with E-state index in [4.69, 9.17) is 5.14 Å². The Balaban J connectivity index is 0.00000243. The smallest absolute Gasteiger partial charge is 0.238 e. The van der Waals surface area contributed by atoms with Crippen molar-refractivity contribution in [1.82, 2.24) is 5.43 Å². The molecule has 0 saturated heterocycles. The number of rotatable bonds is 7. The molecule has 0 saturated carbocycles. The zero-order valence-corrected chi connectivity index (χ0v) is 15.6. The van der Waals surface area contributed by atoms with E-state index in [1.807, 2.05) is 18.2 Å². The molecule has 0 aliphatic rings. The van der Waals surface area contributed by atoms with Crippen molar-refractivity contribution in [2.75, 3.05) is 23.8 Å². The highest BCUT2D eigenvalue weighted by Crippen LogP contribution is 2.22. The molecule has 3 aromatic rings. The third-order valence-corrected chi connectivity index (χ3v) is 4.70. The first-order valence-electron chi connectivity index (χ1n) is 7.87. The van der Waals surface area contributed by atoms with Crippen molar-refractivity contribution in [1.29, 1.82) is 0 Å². The fraction of sp³-hybridized carbons (Fsp3) is 0.111. The molecule has 0 amide bonds. The SMILES string of the molecule is Cl.NS(=O)(=O)c1ccc(NNCCNc2cccc3ccccc23)cc1. The van der Waals surface area contributed by atoms with Gasteiger partial charge in [0, 0.05) is 29.9 Å². The Morgan fingerprint density at radius 1 is 0.846 bits per heavy atom. The van der Waals surface area contributed by atoms with Crippen LogP contribution in [0.4, 0.5) is 11.4 Å². The Hall–Kier alpha value is -2.32. The molecule has 0 aliphatic carbocycles. The number of primary sulfonamides is 1. The number of hydrogen-bond donors (Lipinski definition) is 4. The van der Waals surface area contributed by atoms with Crippen molar-refractivity contribution < 1.29 is 8.42 Å². The normalized spacial score (nSPS) is 11.0. The largest absolute Gasteiger partial charge is 0.383 e. The van der Waals surface area contributed by atoms with Crippen LogP contribution in [0, 0.1) is 0 Å². The molecule has 3 rings (SSSR count). The zero-order chi connectivity index (χ0) is 17.7. The monoisotopic (exact) mass is 392 g/mol. The maximum atomic E-state index is 11.2. The Kier molecular flexibility index (Phi) is 6.82. The van der Waals surface area contributed by atoms with Gasteiger partial charge in [-0.25, -0.2) is 19.0 Å². The molecule has 6 nitrogen and oxygen atoms in total. The Bertz CT molecular complexity index is 957. The first kappa shape index (κ1) is 20.0. The van der Waals surface area contributed by atoms with E-state index in [1.165, 1.54) is 22.9 Å². The number of hydrogen-bond acceptors (Lipinski definition) is 5. The third kappa shape index (κ3) is 5.09. The first-order chi connectivity index (χ1) is 12.0. The summed E-state index contributed by atoms with van der Waals surface area (Å²) in [4.78, 5) is 0.0932. The minimum Gasteiger partial charge on any atom is -0.383 e. The van der Waals surface area contributed by atoms with E-state index in [1.54, 1.807) is 12.1 Å². The van der Waals surface area contributed by atoms with Crippen LogP contribution in [0.5, 0.6) is 0 Å². The molecule has 0 radical (unpaired) electrons. The summed E-state index contributed by atoms with van der Waals surface area (Å²) in [7, 11) is -3.66. The van der Waals surface area contributed by atoms with Gasteiger partial charge in [0.15, 0.2) is 0 Å². The minimum absolute atomic E-state index is 0. The standard InChI is InChI=1S/C18H20N4O2S.ClH/c19-25(23,24)16-10-8-15(9-11-16)22-21-13-12-20-18-7-3-5-14-4-1-2-6-17(14)18;/h1-11,20-22H,12-13H2,(H2,19,23,24);1H. The minimum atomic E-state index is -3.66. The van der Waals surface area contributed by atoms with Crippen molar-refractivity contribution in [2.24, 2.45) is 5.14 Å². The number of halogens is 1. The molecule has 0 heterocycles. The molecular weight excluding hydrogens is 372 g/mol. The van der Waals surface area contributed by atoms with E-state index in [9.17, 15) is 8.42 Å². The first-order valence-corrected chi connectivity index (χ1v) is 9.42. The second kappa shape index (κ2) is 8.86. The molecule has 0 unspecified atom stereocenters. The molecule has 8 heteroatoms. The summed E-state index contributed by atoms with van der Waals surface area (Å²) in [5, 5.41) is 10.9. The van der Waals surface area contributed by atoms with E-state index < -0.39 is 10.0 Å². The van der Waals surface area contributed by atoms with Gasteiger partial charge in [-0.2, -0.15) is 0 Å². The summed E-state index contributed by atoms with van der Waals surface area (Å²) in [5.74, 6) is 0. The number of anilines is 2. The maximum absolute atomic E-state index is 11.2. The summed E-state index contributed by atoms with van der Waals surface area (Å²) in [5.41, 5.74) is 7.96. The Labute approximate surface area is 159 Å². The van der Waals surface area contributed by atoms with Crippen LogP contribution in [0.2, 0.25) is 0 Å². The van der Waals surface area contributed by atoms with E-state index in [0.29, 0.717) is 6.54 Å². The van der Waals surface area contributed by atoms with Gasteiger partial charge in [-0.1, -0.05) is 36.4 Å². The van der Waals surface area contributed by atoms with Gasteiger partial charge in [-0.15, -0.1) is 12.4 Å². The summed E-state index contributed by atoms with van der Waals surface area (Å²) in [6.07, 6.45) is 0. The van der Waals surface area contributed by atoms with Gasteiger partial charge in [-0.05, 0) is 35.7 Å². The second-order valence-electron chi connectivity index (χ2n) is 5.57. The molecule has 0 aromatic heterocycles. The topological polar surface area (TPSA) is 96.2 Å². The van der Waals surface area contributed by atoms with E-state index in [-0.39, 0.29) is 17.3 Å². The zero-order valence-electron chi connectivity index (χ0n) is 14.0. The van der Waals surface area contributed by atoms with Crippen molar-refractivity contribution in [2.45, 2.75) is 4.90 Å². The highest BCUT2D eigenvalue weighted by atomic mass is 35.5. The molecule has 138 valence electrons. The molecule has 0 aliphatic heterocycles. The Morgan fingerprint density at radius 2 is 1.54 bits per heavy atom. The van der Waals surface area contributed by atoms with Gasteiger partial charge in [0.25, 0.3) is 0 Å². The number of nitrogens with one attached hydrogen (secondary N) is 3. The highest BCUT2D eigenvalue weighted by Gasteiger charge is 2.06. The fourth-order valence-corrected chi connectivity index (χ4v) is 3.05. The van der Waals surface area contributed by atoms with Gasteiger partial charge >= 0.3 is 0 Å². The van der Waals surface area contributed by atoms with Gasteiger partial charge in [0.1, 0.15) is 0 Å². The quantitative estimate of drug-likeness (QED) is 0.366. The van der Waals surface area contributed by atoms with Gasteiger partial charge in [0.2, 0.25) is 10.0 Å². The molecule has 26 heavy (non-hydrogen) atoms. The van der Waals surface area contributed by atoms with Crippen molar-refractivity contribution in [3.63, 3.8) is 0 Å². The molecule has 0 spiro atoms. The van der Waals surface area contributed by atoms with E-state index in [2.05, 4.69) is 40.4 Å². The summed E-state index contributed by atoms with van der Waals surface area (Å²) >= 11 is 0. The Morgan fingerprint density at radius 3 is 2.27 bits per heavy atom. The maximum Gasteiger partial charge on any atom is 0.238 e. The number of nitrogens with two attached hydrogens (primary N) is 1. The lowest BCUT2D eigenvalue weighted by Gasteiger charge is -2.12. The second-order valence-corrected chi connectivity index (χ2v) is 7.14. The predicted octanol–water partition coefficient (Wildman–Crippen LogP) is 2.94. The molecule has 5 N–H and O–H groups in total. The van der Waals surface area contributed by atoms with Crippen LogP contribution < -0.4 is 21.3 Å². The van der Waals surface area contributed by atoms with E-state index in [0.717, 1.165) is 17.9 Å². The summed E-state index contributed by atoms with van der Waals surface area (Å²) in [6, 6.07) is 20.7. The lowest BCUT2D eigenvalue weighted by molar-refractivity contribution is 0.598. The van der Waals surface area contributed by atoms with Crippen LogP contribution in [-0.4, -0.2) is 21.5 Å². The number of benzene rings is 3. The molecule has 0 bridgehead atoms. The highest BCUT2D eigenvalue weighted by molar-refractivity contribution is 7.89. The van der Waals surface area contributed by atoms with Crippen LogP contribution in [0.25, 0.3) is 10.8 Å². The van der Waals surface area contributed by atoms with Crippen molar-refractivity contribution >= 4 is 44.6 Å². The summed E-state index contributed by atoms with van der Waals surface area (Å²) < 4.78 is 22.4. The predicted molar refractivity (Wildman–Crippen MR) is 109 cm³/mol. The fourth-order valence-electron chi connectivity index (χ4n) is 2.53. The molecular formula is C18H21ClN4O2S. The van der Waals surface area contributed by atoms with Gasteiger partial charge in [0.05, 0.1) is 4.90 Å². The van der Waals surface area contributed by atoms with Crippen LogP contribution in [0.1, 0.15) is 0 Å². The lowest BCUT2D eigenvalue weighted by Crippen LogP contribution is -2.27. The number of hydrazine groups is 1. The number of sulfonamides is 1. The lowest BCUT2D eigenvalue weighted by atomic mass is 10.1. The van der Waals surface area contributed by atoms with Crippen LogP contribution >= 0.6 is 12.4 Å². The van der Waals surface area contributed by atoms with Crippen LogP contribution in [0.3, 0.4) is 0 Å². The van der Waals surface area contributed by atoms with Gasteiger partial charge < -0.3 is 10.7 Å². The average Bonchev–Trinajstić information content (AvgIpc) is 2.61. The van der Waals surface area contributed by atoms with E-state index >= 15 is 0 Å². The summed E-state index contributed by atoms with van der Waals surface area (Å²) in [6.45, 7) is 1.41.